The first kappa shape index (κ1) is 17.5. The van der Waals surface area contributed by atoms with Gasteiger partial charge in [0.25, 0.3) is 0 Å². The summed E-state index contributed by atoms with van der Waals surface area (Å²) in [5, 5.41) is 32.6. The van der Waals surface area contributed by atoms with Crippen molar-refractivity contribution in [1.82, 2.24) is 30.2 Å². The summed E-state index contributed by atoms with van der Waals surface area (Å²) in [6.45, 7) is 1.83. The van der Waals surface area contributed by atoms with Gasteiger partial charge in [0.15, 0.2) is 5.82 Å². The van der Waals surface area contributed by atoms with E-state index in [-0.39, 0.29) is 16.6 Å². The van der Waals surface area contributed by atoms with Crippen LogP contribution in [-0.2, 0) is 0 Å². The molecule has 1 saturated carbocycles. The van der Waals surface area contributed by atoms with E-state index in [0.717, 1.165) is 23.9 Å². The van der Waals surface area contributed by atoms with E-state index in [1.165, 1.54) is 24.6 Å². The van der Waals surface area contributed by atoms with Crippen LogP contribution in [0.4, 0.5) is 0 Å². The molecule has 1 aliphatic rings. The summed E-state index contributed by atoms with van der Waals surface area (Å²) in [6.07, 6.45) is 4.49. The summed E-state index contributed by atoms with van der Waals surface area (Å²) in [5.74, 6) is 0.321. The van der Waals surface area contributed by atoms with Crippen molar-refractivity contribution in [2.24, 2.45) is 0 Å². The van der Waals surface area contributed by atoms with Crippen LogP contribution in [0, 0.1) is 11.3 Å². The average molecular weight is 381 g/mol. The Kier molecular flexibility index (Phi) is 4.81. The van der Waals surface area contributed by atoms with Crippen LogP contribution in [-0.4, -0.2) is 40.5 Å². The van der Waals surface area contributed by atoms with Gasteiger partial charge in [0, 0.05) is 0 Å². The third kappa shape index (κ3) is 3.40. The Morgan fingerprint density at radius 2 is 2.15 bits per heavy atom. The molecular formula is C18H19N7OS. The number of tetrazole rings is 1. The molecule has 1 unspecified atom stereocenters. The van der Waals surface area contributed by atoms with E-state index in [4.69, 9.17) is 0 Å². The van der Waals surface area contributed by atoms with Gasteiger partial charge < -0.3 is 10.1 Å². The topological polar surface area (TPSA) is 116 Å². The number of imidazole rings is 1. The smallest absolute Gasteiger partial charge is 0.210 e. The Hall–Kier alpha value is -2.86. The van der Waals surface area contributed by atoms with Crippen LogP contribution in [0.5, 0.6) is 0 Å². The lowest BCUT2D eigenvalue weighted by molar-refractivity contribution is 0.399. The largest absolute Gasteiger partial charge is 0.510 e. The highest BCUT2D eigenvalue weighted by Gasteiger charge is 2.25. The van der Waals surface area contributed by atoms with E-state index in [1.54, 1.807) is 0 Å². The number of aromatic amines is 1. The van der Waals surface area contributed by atoms with Crippen LogP contribution < -0.4 is 0 Å². The van der Waals surface area contributed by atoms with Gasteiger partial charge in [-0.05, 0) is 42.3 Å². The van der Waals surface area contributed by atoms with Crippen molar-refractivity contribution < 1.29 is 5.11 Å². The molecule has 9 heteroatoms. The predicted molar refractivity (Wildman–Crippen MR) is 102 cm³/mol. The summed E-state index contributed by atoms with van der Waals surface area (Å²) in [7, 11) is 0. The number of hydrogen-bond donors (Lipinski definition) is 2. The Labute approximate surface area is 160 Å². The zero-order chi connectivity index (χ0) is 18.8. The van der Waals surface area contributed by atoms with Crippen LogP contribution in [0.1, 0.15) is 44.5 Å². The van der Waals surface area contributed by atoms with Gasteiger partial charge in [0.1, 0.15) is 17.4 Å². The molecule has 4 rings (SSSR count). The molecular weight excluding hydrogens is 362 g/mol. The number of para-hydroxylation sites is 2. The average Bonchev–Trinajstić information content (AvgIpc) is 3.42. The Morgan fingerprint density at radius 1 is 1.37 bits per heavy atom. The molecule has 1 atom stereocenters. The second kappa shape index (κ2) is 7.40. The number of rotatable bonds is 5. The number of benzene rings is 1. The van der Waals surface area contributed by atoms with E-state index in [0.29, 0.717) is 17.0 Å². The third-order valence-electron chi connectivity index (χ3n) is 4.79. The minimum absolute atomic E-state index is 0.0393. The zero-order valence-electron chi connectivity index (χ0n) is 14.8. The number of aliphatic hydroxyl groups excluding tert-OH is 1. The van der Waals surface area contributed by atoms with Crippen molar-refractivity contribution in [3.05, 3.63) is 35.8 Å². The third-order valence-corrected chi connectivity index (χ3v) is 5.85. The number of fused-ring (bicyclic) bond motifs is 1. The summed E-state index contributed by atoms with van der Waals surface area (Å²) in [4.78, 5) is 7.51. The van der Waals surface area contributed by atoms with Gasteiger partial charge in [0.2, 0.25) is 5.16 Å². The molecule has 8 nitrogen and oxygen atoms in total. The van der Waals surface area contributed by atoms with Crippen molar-refractivity contribution in [3.63, 3.8) is 0 Å². The van der Waals surface area contributed by atoms with E-state index in [1.807, 2.05) is 35.9 Å². The number of nitrogens with zero attached hydrogens (tertiary/aromatic N) is 6. The van der Waals surface area contributed by atoms with Crippen LogP contribution in [0.2, 0.25) is 0 Å². The molecule has 0 amide bonds. The first-order valence-corrected chi connectivity index (χ1v) is 9.78. The van der Waals surface area contributed by atoms with Gasteiger partial charge in [-0.2, -0.15) is 5.26 Å². The van der Waals surface area contributed by atoms with Gasteiger partial charge in [-0.3, -0.25) is 0 Å². The molecule has 1 aromatic carbocycles. The number of aromatic nitrogens is 6. The fraction of sp³-hybridized carbons (Fsp3) is 0.389. The molecule has 1 aliphatic carbocycles. The van der Waals surface area contributed by atoms with E-state index >= 15 is 0 Å². The van der Waals surface area contributed by atoms with Crippen molar-refractivity contribution in [2.75, 3.05) is 0 Å². The maximum atomic E-state index is 10.7. The number of H-pyrrole nitrogens is 1. The fourth-order valence-electron chi connectivity index (χ4n) is 3.36. The van der Waals surface area contributed by atoms with Gasteiger partial charge in [-0.25, -0.2) is 9.67 Å². The molecule has 2 aromatic heterocycles. The first-order chi connectivity index (χ1) is 13.2. The minimum atomic E-state index is -0.390. The maximum absolute atomic E-state index is 10.7. The quantitative estimate of drug-likeness (QED) is 0.394. The number of nitrogens with one attached hydrogen (secondary N) is 1. The number of hydrogen-bond acceptors (Lipinski definition) is 7. The zero-order valence-corrected chi connectivity index (χ0v) is 15.6. The molecule has 1 fully saturated rings. The second-order valence-electron chi connectivity index (χ2n) is 6.58. The van der Waals surface area contributed by atoms with E-state index in [2.05, 4.69) is 31.6 Å². The van der Waals surface area contributed by atoms with Crippen LogP contribution >= 0.6 is 11.8 Å². The lowest BCUT2D eigenvalue weighted by atomic mass is 10.2. The van der Waals surface area contributed by atoms with Crippen LogP contribution in [0.3, 0.4) is 0 Å². The molecule has 0 aliphatic heterocycles. The van der Waals surface area contributed by atoms with Crippen LogP contribution in [0.15, 0.2) is 35.2 Å². The van der Waals surface area contributed by atoms with Gasteiger partial charge in [-0.15, -0.1) is 5.10 Å². The normalized spacial score (nSPS) is 17.0. The summed E-state index contributed by atoms with van der Waals surface area (Å²) >= 11 is 1.34. The Bertz CT molecular complexity index is 993. The van der Waals surface area contributed by atoms with E-state index < -0.39 is 0 Å². The number of aliphatic hydroxyl groups is 1. The lowest BCUT2D eigenvalue weighted by Crippen LogP contribution is -2.11. The number of allylic oxidation sites excluding steroid dienone is 1. The lowest BCUT2D eigenvalue weighted by Gasteiger charge is -2.14. The molecule has 138 valence electrons. The van der Waals surface area contributed by atoms with Gasteiger partial charge in [-0.1, -0.05) is 36.7 Å². The van der Waals surface area contributed by atoms with Crippen molar-refractivity contribution in [1.29, 1.82) is 5.26 Å². The van der Waals surface area contributed by atoms with Crippen molar-refractivity contribution in [2.45, 2.75) is 49.1 Å². The highest BCUT2D eigenvalue weighted by molar-refractivity contribution is 7.99. The summed E-state index contributed by atoms with van der Waals surface area (Å²) in [6, 6.07) is 9.89. The molecule has 2 heterocycles. The Morgan fingerprint density at radius 3 is 2.89 bits per heavy atom. The van der Waals surface area contributed by atoms with Gasteiger partial charge >= 0.3 is 0 Å². The molecule has 0 saturated heterocycles. The van der Waals surface area contributed by atoms with Crippen LogP contribution in [0.25, 0.3) is 16.6 Å². The second-order valence-corrected chi connectivity index (χ2v) is 7.89. The molecule has 3 aromatic rings. The monoisotopic (exact) mass is 381 g/mol. The molecule has 2 N–H and O–H groups in total. The summed E-state index contributed by atoms with van der Waals surface area (Å²) < 4.78 is 1.84. The molecule has 0 bridgehead atoms. The van der Waals surface area contributed by atoms with E-state index in [9.17, 15) is 10.4 Å². The Balaban J connectivity index is 1.61. The molecule has 0 radical (unpaired) electrons. The van der Waals surface area contributed by atoms with Crippen molar-refractivity contribution >= 4 is 28.4 Å². The molecule has 27 heavy (non-hydrogen) atoms. The fourth-order valence-corrected chi connectivity index (χ4v) is 4.28. The minimum Gasteiger partial charge on any atom is -0.510 e. The maximum Gasteiger partial charge on any atom is 0.210 e. The SMILES string of the molecule is CC(Sc1nnnn1C1CCCC1)/C(O)=C(\C#N)c1nc2ccccc2[nH]1. The first-order valence-electron chi connectivity index (χ1n) is 8.90. The standard InChI is InChI=1S/C18H19N7OS/c1-11(27-18-22-23-24-25(18)12-6-2-3-7-12)16(26)13(10-19)17-20-14-8-4-5-9-15(14)21-17/h4-5,8-9,11-12,26H,2-3,6-7H2,1H3,(H,20,21)/b16-13-. The predicted octanol–water partition coefficient (Wildman–Crippen LogP) is 3.64. The highest BCUT2D eigenvalue weighted by atomic mass is 32.2. The summed E-state index contributed by atoms with van der Waals surface area (Å²) in [5.41, 5.74) is 1.70. The number of nitriles is 1. The number of thioether (sulfide) groups is 1. The molecule has 0 spiro atoms. The van der Waals surface area contributed by atoms with Gasteiger partial charge in [0.05, 0.1) is 22.3 Å². The van der Waals surface area contributed by atoms with Crippen molar-refractivity contribution in [3.8, 4) is 6.07 Å². The highest BCUT2D eigenvalue weighted by Crippen LogP contribution is 2.34.